The molecule has 2 aromatic rings. The lowest BCUT2D eigenvalue weighted by atomic mass is 10.0. The fourth-order valence-electron chi connectivity index (χ4n) is 2.73. The minimum absolute atomic E-state index is 0.0332. The molecule has 1 amide bonds. The molecule has 0 aliphatic carbocycles. The average Bonchev–Trinajstić information content (AvgIpc) is 3.20. The van der Waals surface area contributed by atoms with Gasteiger partial charge in [0, 0.05) is 25.2 Å². The maximum Gasteiger partial charge on any atom is 0.272 e. The van der Waals surface area contributed by atoms with Crippen molar-refractivity contribution in [2.75, 3.05) is 6.54 Å². The zero-order chi connectivity index (χ0) is 13.9. The van der Waals surface area contributed by atoms with E-state index in [1.807, 2.05) is 0 Å². The van der Waals surface area contributed by atoms with Gasteiger partial charge >= 0.3 is 0 Å². The van der Waals surface area contributed by atoms with E-state index in [0.717, 1.165) is 12.8 Å². The molecule has 20 heavy (non-hydrogen) atoms. The minimum atomic E-state index is -0.676. The highest BCUT2D eigenvalue weighted by Gasteiger charge is 2.32. The molecular formula is C14H17N3O3. The standard InChI is InChI=1S/C14H17N3O3/c18-12(13-4-2-8-20-13)9-10-3-1-7-17(10)14(19)11-5-6-15-16-11/h2,4-6,8,10,12,18H,1,3,7,9H2,(H,15,16). The number of carbonyl (C=O) groups is 1. The Morgan fingerprint density at radius 2 is 2.50 bits per heavy atom. The van der Waals surface area contributed by atoms with Crippen molar-refractivity contribution in [2.45, 2.75) is 31.4 Å². The first-order valence-electron chi connectivity index (χ1n) is 6.77. The summed E-state index contributed by atoms with van der Waals surface area (Å²) < 4.78 is 5.20. The monoisotopic (exact) mass is 275 g/mol. The lowest BCUT2D eigenvalue weighted by molar-refractivity contribution is 0.0636. The normalized spacial score (nSPS) is 20.2. The number of nitrogens with one attached hydrogen (secondary N) is 1. The molecule has 1 aliphatic rings. The quantitative estimate of drug-likeness (QED) is 0.890. The van der Waals surface area contributed by atoms with Gasteiger partial charge in [0.05, 0.1) is 6.26 Å². The van der Waals surface area contributed by atoms with Crippen molar-refractivity contribution in [1.29, 1.82) is 0 Å². The molecule has 3 rings (SSSR count). The van der Waals surface area contributed by atoms with Gasteiger partial charge in [0.1, 0.15) is 17.6 Å². The zero-order valence-electron chi connectivity index (χ0n) is 11.0. The first-order chi connectivity index (χ1) is 9.75. The summed E-state index contributed by atoms with van der Waals surface area (Å²) in [5, 5.41) is 16.6. The van der Waals surface area contributed by atoms with Crippen LogP contribution in [0.3, 0.4) is 0 Å². The summed E-state index contributed by atoms with van der Waals surface area (Å²) in [4.78, 5) is 14.1. The number of hydrogen-bond donors (Lipinski definition) is 2. The maximum atomic E-state index is 12.3. The third-order valence-corrected chi connectivity index (χ3v) is 3.74. The van der Waals surface area contributed by atoms with Crippen LogP contribution in [-0.4, -0.2) is 38.7 Å². The maximum absolute atomic E-state index is 12.3. The van der Waals surface area contributed by atoms with Gasteiger partial charge in [-0.2, -0.15) is 5.10 Å². The number of aliphatic hydroxyl groups is 1. The molecule has 0 spiro atoms. The van der Waals surface area contributed by atoms with Crippen molar-refractivity contribution in [1.82, 2.24) is 15.1 Å². The second-order valence-electron chi connectivity index (χ2n) is 5.03. The summed E-state index contributed by atoms with van der Waals surface area (Å²) in [5.74, 6) is 0.488. The van der Waals surface area contributed by atoms with Crippen LogP contribution in [0.5, 0.6) is 0 Å². The minimum Gasteiger partial charge on any atom is -0.467 e. The average molecular weight is 275 g/mol. The SMILES string of the molecule is O=C(c1ccn[nH]1)N1CCCC1CC(O)c1ccco1. The molecule has 0 aromatic carbocycles. The molecular weight excluding hydrogens is 258 g/mol. The van der Waals surface area contributed by atoms with Gasteiger partial charge in [0.15, 0.2) is 0 Å². The van der Waals surface area contributed by atoms with Crippen LogP contribution in [0.15, 0.2) is 35.1 Å². The number of hydrogen-bond acceptors (Lipinski definition) is 4. The van der Waals surface area contributed by atoms with E-state index in [1.165, 1.54) is 0 Å². The number of amides is 1. The highest BCUT2D eigenvalue weighted by atomic mass is 16.4. The van der Waals surface area contributed by atoms with Crippen LogP contribution in [0.1, 0.15) is 41.6 Å². The summed E-state index contributed by atoms with van der Waals surface area (Å²) in [6, 6.07) is 5.20. The molecule has 2 aromatic heterocycles. The van der Waals surface area contributed by atoms with Crippen LogP contribution in [0.2, 0.25) is 0 Å². The third-order valence-electron chi connectivity index (χ3n) is 3.74. The number of rotatable bonds is 4. The van der Waals surface area contributed by atoms with Gasteiger partial charge in [0.2, 0.25) is 0 Å². The predicted octanol–water partition coefficient (Wildman–Crippen LogP) is 1.73. The number of aromatic amines is 1. The van der Waals surface area contributed by atoms with Gasteiger partial charge in [0.25, 0.3) is 5.91 Å². The van der Waals surface area contributed by atoms with E-state index in [9.17, 15) is 9.90 Å². The summed E-state index contributed by atoms with van der Waals surface area (Å²) >= 11 is 0. The number of aromatic nitrogens is 2. The number of likely N-dealkylation sites (tertiary alicyclic amines) is 1. The lowest BCUT2D eigenvalue weighted by Crippen LogP contribution is -2.36. The van der Waals surface area contributed by atoms with Crippen molar-refractivity contribution in [3.63, 3.8) is 0 Å². The van der Waals surface area contributed by atoms with Crippen LogP contribution in [0.4, 0.5) is 0 Å². The fourth-order valence-corrected chi connectivity index (χ4v) is 2.73. The Bertz CT molecular complexity index is 550. The van der Waals surface area contributed by atoms with Gasteiger partial charge in [-0.25, -0.2) is 0 Å². The summed E-state index contributed by atoms with van der Waals surface area (Å²) in [6.45, 7) is 0.716. The Morgan fingerprint density at radius 3 is 3.20 bits per heavy atom. The Morgan fingerprint density at radius 1 is 1.60 bits per heavy atom. The Balaban J connectivity index is 1.68. The lowest BCUT2D eigenvalue weighted by Gasteiger charge is -2.25. The number of nitrogens with zero attached hydrogens (tertiary/aromatic N) is 2. The molecule has 2 unspecified atom stereocenters. The van der Waals surface area contributed by atoms with E-state index in [0.29, 0.717) is 24.4 Å². The van der Waals surface area contributed by atoms with Crippen molar-refractivity contribution >= 4 is 5.91 Å². The van der Waals surface area contributed by atoms with Crippen LogP contribution >= 0.6 is 0 Å². The molecule has 0 saturated carbocycles. The first kappa shape index (κ1) is 12.9. The topological polar surface area (TPSA) is 82.4 Å². The van der Waals surface area contributed by atoms with Gasteiger partial charge < -0.3 is 14.4 Å². The molecule has 2 atom stereocenters. The summed E-state index contributed by atoms with van der Waals surface area (Å²) in [6.07, 6.45) is 4.78. The van der Waals surface area contributed by atoms with Crippen LogP contribution in [-0.2, 0) is 0 Å². The molecule has 1 fully saturated rings. The Labute approximate surface area is 116 Å². The molecule has 2 N–H and O–H groups in total. The van der Waals surface area contributed by atoms with E-state index in [1.54, 1.807) is 35.6 Å². The number of aliphatic hydroxyl groups excluding tert-OH is 1. The Hall–Kier alpha value is -2.08. The second kappa shape index (κ2) is 5.50. The van der Waals surface area contributed by atoms with Crippen LogP contribution in [0.25, 0.3) is 0 Å². The van der Waals surface area contributed by atoms with Crippen molar-refractivity contribution in [3.8, 4) is 0 Å². The van der Waals surface area contributed by atoms with Crippen LogP contribution < -0.4 is 0 Å². The largest absolute Gasteiger partial charge is 0.467 e. The van der Waals surface area contributed by atoms with Crippen molar-refractivity contribution in [3.05, 3.63) is 42.1 Å². The molecule has 0 bridgehead atoms. The van der Waals surface area contributed by atoms with E-state index in [4.69, 9.17) is 4.42 Å². The molecule has 6 heteroatoms. The van der Waals surface area contributed by atoms with Gasteiger partial charge in [-0.3, -0.25) is 9.89 Å². The van der Waals surface area contributed by atoms with Gasteiger partial charge in [-0.05, 0) is 31.0 Å². The number of H-pyrrole nitrogens is 1. The van der Waals surface area contributed by atoms with Gasteiger partial charge in [-0.1, -0.05) is 0 Å². The molecule has 1 aliphatic heterocycles. The van der Waals surface area contributed by atoms with E-state index in [2.05, 4.69) is 10.2 Å². The molecule has 106 valence electrons. The predicted molar refractivity (Wildman–Crippen MR) is 70.9 cm³/mol. The number of carbonyl (C=O) groups excluding carboxylic acids is 1. The van der Waals surface area contributed by atoms with Gasteiger partial charge in [-0.15, -0.1) is 0 Å². The van der Waals surface area contributed by atoms with Crippen LogP contribution in [0, 0.1) is 0 Å². The third kappa shape index (κ3) is 2.46. The molecule has 1 saturated heterocycles. The number of furan rings is 1. The summed E-state index contributed by atoms with van der Waals surface area (Å²) in [7, 11) is 0. The fraction of sp³-hybridized carbons (Fsp3) is 0.429. The molecule has 3 heterocycles. The van der Waals surface area contributed by atoms with Crippen molar-refractivity contribution in [2.24, 2.45) is 0 Å². The zero-order valence-corrected chi connectivity index (χ0v) is 11.0. The Kier molecular flexibility index (Phi) is 3.56. The first-order valence-corrected chi connectivity index (χ1v) is 6.77. The highest BCUT2D eigenvalue weighted by molar-refractivity contribution is 5.92. The van der Waals surface area contributed by atoms with Crippen molar-refractivity contribution < 1.29 is 14.3 Å². The molecule has 0 radical (unpaired) electrons. The second-order valence-corrected chi connectivity index (χ2v) is 5.03. The smallest absolute Gasteiger partial charge is 0.272 e. The van der Waals surface area contributed by atoms with E-state index < -0.39 is 6.10 Å². The van der Waals surface area contributed by atoms with E-state index >= 15 is 0 Å². The summed E-state index contributed by atoms with van der Waals surface area (Å²) in [5.41, 5.74) is 0.490. The van der Waals surface area contributed by atoms with E-state index in [-0.39, 0.29) is 11.9 Å². The molecule has 6 nitrogen and oxygen atoms in total. The highest BCUT2D eigenvalue weighted by Crippen LogP contribution is 2.28.